The first kappa shape index (κ1) is 14.4. The maximum atomic E-state index is 11.6. The van der Waals surface area contributed by atoms with Crippen LogP contribution in [0, 0.1) is 5.41 Å². The number of carbonyl (C=O) groups excluding carboxylic acids is 1. The summed E-state index contributed by atoms with van der Waals surface area (Å²) >= 11 is 6.48. The molecule has 0 radical (unpaired) electrons. The number of halogens is 1. The summed E-state index contributed by atoms with van der Waals surface area (Å²) < 4.78 is 0. The number of rotatable bonds is 3. The average Bonchev–Trinajstić information content (AvgIpc) is 2.49. The van der Waals surface area contributed by atoms with Crippen LogP contribution in [-0.4, -0.2) is 11.9 Å². The SMILES string of the molecule is N=C1NC(=O)CC(c2cccc(Nc3ccccc3)c2Cl)N1. The molecule has 3 rings (SSSR count). The van der Waals surface area contributed by atoms with E-state index in [-0.39, 0.29) is 24.3 Å². The summed E-state index contributed by atoms with van der Waals surface area (Å²) in [4.78, 5) is 11.6. The largest absolute Gasteiger partial charge is 0.354 e. The van der Waals surface area contributed by atoms with Gasteiger partial charge < -0.3 is 10.6 Å². The highest BCUT2D eigenvalue weighted by Gasteiger charge is 2.25. The highest BCUT2D eigenvalue weighted by molar-refractivity contribution is 6.34. The van der Waals surface area contributed by atoms with Crippen LogP contribution in [-0.2, 0) is 4.79 Å². The number of guanidine groups is 1. The lowest BCUT2D eigenvalue weighted by Gasteiger charge is -2.26. The van der Waals surface area contributed by atoms with E-state index < -0.39 is 0 Å². The highest BCUT2D eigenvalue weighted by atomic mass is 35.5. The van der Waals surface area contributed by atoms with Crippen molar-refractivity contribution in [3.63, 3.8) is 0 Å². The number of carbonyl (C=O) groups is 1. The number of benzene rings is 2. The normalized spacial score (nSPS) is 17.6. The molecule has 1 aliphatic rings. The van der Waals surface area contributed by atoms with E-state index in [1.165, 1.54) is 0 Å². The molecule has 5 nitrogen and oxygen atoms in total. The molecule has 2 aromatic rings. The summed E-state index contributed by atoms with van der Waals surface area (Å²) in [7, 11) is 0. The molecule has 1 saturated heterocycles. The monoisotopic (exact) mass is 314 g/mol. The van der Waals surface area contributed by atoms with Crippen LogP contribution in [0.3, 0.4) is 0 Å². The van der Waals surface area contributed by atoms with Crippen molar-refractivity contribution >= 4 is 34.8 Å². The Morgan fingerprint density at radius 3 is 2.64 bits per heavy atom. The van der Waals surface area contributed by atoms with Crippen molar-refractivity contribution in [3.8, 4) is 0 Å². The molecule has 0 aromatic heterocycles. The van der Waals surface area contributed by atoms with Gasteiger partial charge in [-0.25, -0.2) is 0 Å². The van der Waals surface area contributed by atoms with E-state index in [2.05, 4.69) is 16.0 Å². The van der Waals surface area contributed by atoms with Crippen molar-refractivity contribution in [2.75, 3.05) is 5.32 Å². The van der Waals surface area contributed by atoms with Crippen molar-refractivity contribution in [2.24, 2.45) is 0 Å². The average molecular weight is 315 g/mol. The number of hydrogen-bond donors (Lipinski definition) is 4. The predicted molar refractivity (Wildman–Crippen MR) is 87.5 cm³/mol. The van der Waals surface area contributed by atoms with Gasteiger partial charge in [-0.3, -0.25) is 15.5 Å². The van der Waals surface area contributed by atoms with Crippen LogP contribution < -0.4 is 16.0 Å². The van der Waals surface area contributed by atoms with Crippen molar-refractivity contribution < 1.29 is 4.79 Å². The molecular formula is C16H15ClN4O. The number of para-hydroxylation sites is 1. The summed E-state index contributed by atoms with van der Waals surface area (Å²) in [6.45, 7) is 0. The van der Waals surface area contributed by atoms with Crippen LogP contribution in [0.4, 0.5) is 11.4 Å². The fourth-order valence-electron chi connectivity index (χ4n) is 2.42. The van der Waals surface area contributed by atoms with E-state index in [0.717, 1.165) is 16.9 Å². The molecule has 112 valence electrons. The Labute approximate surface area is 133 Å². The maximum absolute atomic E-state index is 11.6. The van der Waals surface area contributed by atoms with Gasteiger partial charge in [0.25, 0.3) is 0 Å². The van der Waals surface area contributed by atoms with Crippen LogP contribution in [0.15, 0.2) is 48.5 Å². The fourth-order valence-corrected chi connectivity index (χ4v) is 2.72. The molecule has 22 heavy (non-hydrogen) atoms. The third-order valence-corrected chi connectivity index (χ3v) is 3.85. The Morgan fingerprint density at radius 1 is 1.14 bits per heavy atom. The van der Waals surface area contributed by atoms with Crippen LogP contribution in [0.25, 0.3) is 0 Å². The molecule has 0 spiro atoms. The summed E-state index contributed by atoms with van der Waals surface area (Å²) in [5.41, 5.74) is 2.50. The van der Waals surface area contributed by atoms with Crippen LogP contribution in [0.2, 0.25) is 5.02 Å². The quantitative estimate of drug-likeness (QED) is 0.703. The van der Waals surface area contributed by atoms with E-state index in [1.807, 2.05) is 48.5 Å². The van der Waals surface area contributed by atoms with E-state index in [0.29, 0.717) is 5.02 Å². The molecule has 2 aromatic carbocycles. The zero-order chi connectivity index (χ0) is 15.5. The van der Waals surface area contributed by atoms with Gasteiger partial charge in [0.15, 0.2) is 5.96 Å². The lowest BCUT2D eigenvalue weighted by atomic mass is 10.0. The summed E-state index contributed by atoms with van der Waals surface area (Å²) in [5, 5.41) is 16.8. The summed E-state index contributed by atoms with van der Waals surface area (Å²) in [5.74, 6) is -0.190. The number of anilines is 2. The van der Waals surface area contributed by atoms with Crippen molar-refractivity contribution in [2.45, 2.75) is 12.5 Å². The van der Waals surface area contributed by atoms with E-state index >= 15 is 0 Å². The van der Waals surface area contributed by atoms with Gasteiger partial charge in [-0.2, -0.15) is 0 Å². The van der Waals surface area contributed by atoms with Gasteiger partial charge in [-0.05, 0) is 23.8 Å². The highest BCUT2D eigenvalue weighted by Crippen LogP contribution is 2.33. The Morgan fingerprint density at radius 2 is 1.91 bits per heavy atom. The molecule has 1 fully saturated rings. The van der Waals surface area contributed by atoms with E-state index in [1.54, 1.807) is 0 Å². The second-order valence-corrected chi connectivity index (χ2v) is 5.40. The Hall–Kier alpha value is -2.53. The molecule has 1 amide bonds. The minimum Gasteiger partial charge on any atom is -0.354 e. The number of hydrogen-bond acceptors (Lipinski definition) is 3. The third kappa shape index (κ3) is 3.04. The van der Waals surface area contributed by atoms with Crippen molar-refractivity contribution in [1.29, 1.82) is 5.41 Å². The topological polar surface area (TPSA) is 77.0 Å². The number of amides is 1. The van der Waals surface area contributed by atoms with Gasteiger partial charge in [-0.1, -0.05) is 41.9 Å². The van der Waals surface area contributed by atoms with Crippen LogP contribution >= 0.6 is 11.6 Å². The molecular weight excluding hydrogens is 300 g/mol. The minimum absolute atomic E-state index is 0.00117. The van der Waals surface area contributed by atoms with Crippen LogP contribution in [0.5, 0.6) is 0 Å². The first-order valence-electron chi connectivity index (χ1n) is 6.89. The second-order valence-electron chi connectivity index (χ2n) is 5.02. The molecule has 1 heterocycles. The predicted octanol–water partition coefficient (Wildman–Crippen LogP) is 3.17. The lowest BCUT2D eigenvalue weighted by Crippen LogP contribution is -2.48. The van der Waals surface area contributed by atoms with Crippen molar-refractivity contribution in [1.82, 2.24) is 10.6 Å². The van der Waals surface area contributed by atoms with Gasteiger partial charge in [0.05, 0.1) is 23.2 Å². The molecule has 0 aliphatic carbocycles. The third-order valence-electron chi connectivity index (χ3n) is 3.43. The first-order chi connectivity index (χ1) is 10.6. The second kappa shape index (κ2) is 6.07. The van der Waals surface area contributed by atoms with Gasteiger partial charge in [0.2, 0.25) is 5.91 Å². The Bertz CT molecular complexity index is 701. The molecule has 1 atom stereocenters. The van der Waals surface area contributed by atoms with E-state index in [9.17, 15) is 4.79 Å². The Kier molecular flexibility index (Phi) is 3.98. The zero-order valence-electron chi connectivity index (χ0n) is 11.7. The molecule has 0 bridgehead atoms. The number of nitrogens with one attached hydrogen (secondary N) is 4. The fraction of sp³-hybridized carbons (Fsp3) is 0.125. The minimum atomic E-state index is -0.300. The van der Waals surface area contributed by atoms with E-state index in [4.69, 9.17) is 17.0 Å². The molecule has 1 aliphatic heterocycles. The standard InChI is InChI=1S/C16H15ClN4O/c17-15-11(13-9-14(22)21-16(18)20-13)7-4-8-12(15)19-10-5-2-1-3-6-10/h1-8,13,19H,9H2,(H3,18,20,21,22). The van der Waals surface area contributed by atoms with Crippen molar-refractivity contribution in [3.05, 3.63) is 59.1 Å². The van der Waals surface area contributed by atoms with Crippen LogP contribution in [0.1, 0.15) is 18.0 Å². The maximum Gasteiger partial charge on any atom is 0.229 e. The smallest absolute Gasteiger partial charge is 0.229 e. The summed E-state index contributed by atoms with van der Waals surface area (Å²) in [6, 6.07) is 15.0. The van der Waals surface area contributed by atoms with Gasteiger partial charge in [0, 0.05) is 5.69 Å². The molecule has 4 N–H and O–H groups in total. The molecule has 1 unspecified atom stereocenters. The first-order valence-corrected chi connectivity index (χ1v) is 7.26. The summed E-state index contributed by atoms with van der Waals surface area (Å²) in [6.07, 6.45) is 0.247. The molecule has 6 heteroatoms. The van der Waals surface area contributed by atoms with Gasteiger partial charge in [-0.15, -0.1) is 0 Å². The lowest BCUT2D eigenvalue weighted by molar-refractivity contribution is -0.120. The zero-order valence-corrected chi connectivity index (χ0v) is 12.4. The Balaban J connectivity index is 1.89. The van der Waals surface area contributed by atoms with Gasteiger partial charge >= 0.3 is 0 Å². The molecule has 0 saturated carbocycles. The van der Waals surface area contributed by atoms with Gasteiger partial charge in [0.1, 0.15) is 0 Å².